The molecule has 0 heterocycles. The summed E-state index contributed by atoms with van der Waals surface area (Å²) in [6.07, 6.45) is 60.7. The van der Waals surface area contributed by atoms with Gasteiger partial charge in [0.05, 0.1) is 18.8 Å². The van der Waals surface area contributed by atoms with Crippen LogP contribution in [0.5, 0.6) is 0 Å². The molecule has 0 aromatic rings. The lowest BCUT2D eigenvalue weighted by atomic mass is 10.00. The minimum Gasteiger partial charge on any atom is -0.394 e. The molecule has 0 saturated carbocycles. The van der Waals surface area contributed by atoms with E-state index in [-0.39, 0.29) is 0 Å². The first-order valence-electron chi connectivity index (χ1n) is 26.9. The summed E-state index contributed by atoms with van der Waals surface area (Å²) >= 11 is 0. The van der Waals surface area contributed by atoms with E-state index in [2.05, 4.69) is 55.6 Å². The maximum absolute atomic E-state index is 12.5. The molecule has 0 bridgehead atoms. The van der Waals surface area contributed by atoms with Crippen LogP contribution in [-0.2, 0) is 4.79 Å². The number of hydrogen-bond donors (Lipinski definition) is 5. The van der Waals surface area contributed by atoms with Crippen LogP contribution in [0, 0.1) is 0 Å². The zero-order valence-electron chi connectivity index (χ0n) is 40.7. The maximum atomic E-state index is 12.5. The molecule has 6 heteroatoms. The number of aliphatic hydroxyl groups is 4. The first-order valence-corrected chi connectivity index (χ1v) is 26.9. The Bertz CT molecular complexity index is 966. The van der Waals surface area contributed by atoms with Crippen molar-refractivity contribution in [1.29, 1.82) is 0 Å². The lowest BCUT2D eigenvalue weighted by molar-refractivity contribution is -0.132. The van der Waals surface area contributed by atoms with Crippen LogP contribution in [0.15, 0.2) is 36.5 Å². The minimum absolute atomic E-state index is 0.364. The SMILES string of the molecule is CCCCCCCCCC/C=C/CCCC(O)C(O)C(CO)NC(=O)C(O)CCCCCCCCCCCCCCCCCC/C=C\C/C=C\CCCCCCCCCCC. The standard InChI is InChI=1S/C55H105NO5/c1-3-5-7-9-11-13-15-17-18-19-20-21-22-23-24-25-26-27-28-29-30-31-32-33-34-35-37-39-41-43-45-47-49-53(59)55(61)56-51(50-57)54(60)52(58)48-46-44-42-40-38-36-16-14-12-10-8-6-4-2/h20-21,23-24,40,42,51-54,57-60H,3-19,22,25-39,41,43-50H2,1-2H3,(H,56,61)/b21-20-,24-23-,42-40+. The van der Waals surface area contributed by atoms with Crippen LogP contribution in [0.3, 0.4) is 0 Å². The summed E-state index contributed by atoms with van der Waals surface area (Å²) in [6, 6.07) is -1.00. The Morgan fingerprint density at radius 1 is 0.410 bits per heavy atom. The number of unbranched alkanes of at least 4 members (excludes halogenated alkanes) is 34. The molecule has 0 aliphatic heterocycles. The monoisotopic (exact) mass is 860 g/mol. The molecule has 4 atom stereocenters. The zero-order chi connectivity index (χ0) is 44.5. The molecule has 0 saturated heterocycles. The highest BCUT2D eigenvalue weighted by Gasteiger charge is 2.28. The second-order valence-corrected chi connectivity index (χ2v) is 18.6. The number of hydrogen-bond acceptors (Lipinski definition) is 5. The van der Waals surface area contributed by atoms with Gasteiger partial charge in [0.25, 0.3) is 0 Å². The Balaban J connectivity index is 3.60. The van der Waals surface area contributed by atoms with Gasteiger partial charge in [-0.3, -0.25) is 4.79 Å². The number of amides is 1. The van der Waals surface area contributed by atoms with Crippen LogP contribution >= 0.6 is 0 Å². The summed E-state index contributed by atoms with van der Waals surface area (Å²) in [5.41, 5.74) is 0. The average molecular weight is 860 g/mol. The zero-order valence-corrected chi connectivity index (χ0v) is 40.7. The third-order valence-electron chi connectivity index (χ3n) is 12.6. The van der Waals surface area contributed by atoms with E-state index < -0.39 is 36.9 Å². The second-order valence-electron chi connectivity index (χ2n) is 18.6. The van der Waals surface area contributed by atoms with Gasteiger partial charge in [-0.05, 0) is 70.6 Å². The summed E-state index contributed by atoms with van der Waals surface area (Å²) < 4.78 is 0. The van der Waals surface area contributed by atoms with E-state index >= 15 is 0 Å². The van der Waals surface area contributed by atoms with E-state index in [4.69, 9.17) is 0 Å². The third-order valence-corrected chi connectivity index (χ3v) is 12.6. The van der Waals surface area contributed by atoms with Crippen molar-refractivity contribution in [3.63, 3.8) is 0 Å². The number of nitrogens with one attached hydrogen (secondary N) is 1. The first-order chi connectivity index (χ1) is 30.0. The Morgan fingerprint density at radius 2 is 0.721 bits per heavy atom. The van der Waals surface area contributed by atoms with Crippen molar-refractivity contribution in [2.75, 3.05) is 6.61 Å². The number of aliphatic hydroxyl groups excluding tert-OH is 4. The molecule has 0 aliphatic carbocycles. The molecular weight excluding hydrogens is 755 g/mol. The highest BCUT2D eigenvalue weighted by molar-refractivity contribution is 5.80. The van der Waals surface area contributed by atoms with Gasteiger partial charge in [-0.1, -0.05) is 243 Å². The Kier molecular flexibility index (Phi) is 48.3. The molecule has 1 amide bonds. The maximum Gasteiger partial charge on any atom is 0.249 e. The molecular formula is C55H105NO5. The number of carbonyl (C=O) groups is 1. The second kappa shape index (κ2) is 49.5. The Morgan fingerprint density at radius 3 is 1.08 bits per heavy atom. The van der Waals surface area contributed by atoms with Gasteiger partial charge in [0.1, 0.15) is 12.2 Å². The van der Waals surface area contributed by atoms with E-state index in [0.717, 1.165) is 44.9 Å². The highest BCUT2D eigenvalue weighted by atomic mass is 16.3. The molecule has 5 N–H and O–H groups in total. The molecule has 0 fully saturated rings. The normalized spacial score (nSPS) is 14.1. The van der Waals surface area contributed by atoms with Gasteiger partial charge < -0.3 is 25.7 Å². The van der Waals surface area contributed by atoms with Gasteiger partial charge in [0.15, 0.2) is 0 Å². The van der Waals surface area contributed by atoms with Crippen molar-refractivity contribution in [2.45, 2.75) is 301 Å². The Labute approximate surface area is 379 Å². The Hall–Kier alpha value is -1.47. The number of allylic oxidation sites excluding steroid dienone is 6. The van der Waals surface area contributed by atoms with Crippen molar-refractivity contribution in [3.8, 4) is 0 Å². The molecule has 0 aliphatic rings. The summed E-state index contributed by atoms with van der Waals surface area (Å²) in [6.45, 7) is 4.04. The van der Waals surface area contributed by atoms with E-state index in [1.807, 2.05) is 0 Å². The van der Waals surface area contributed by atoms with Crippen LogP contribution in [0.25, 0.3) is 0 Å². The van der Waals surface area contributed by atoms with Gasteiger partial charge in [-0.15, -0.1) is 0 Å². The summed E-state index contributed by atoms with van der Waals surface area (Å²) in [7, 11) is 0. The molecule has 6 nitrogen and oxygen atoms in total. The van der Waals surface area contributed by atoms with Crippen molar-refractivity contribution in [3.05, 3.63) is 36.5 Å². The summed E-state index contributed by atoms with van der Waals surface area (Å²) in [5, 5.41) is 43.8. The smallest absolute Gasteiger partial charge is 0.249 e. The third kappa shape index (κ3) is 43.6. The van der Waals surface area contributed by atoms with Gasteiger partial charge in [-0.2, -0.15) is 0 Å². The van der Waals surface area contributed by atoms with Crippen LogP contribution < -0.4 is 5.32 Å². The van der Waals surface area contributed by atoms with E-state index in [9.17, 15) is 25.2 Å². The topological polar surface area (TPSA) is 110 Å². The van der Waals surface area contributed by atoms with E-state index in [1.165, 1.54) is 205 Å². The molecule has 0 aromatic carbocycles. The van der Waals surface area contributed by atoms with Crippen LogP contribution in [0.1, 0.15) is 277 Å². The van der Waals surface area contributed by atoms with Crippen LogP contribution in [0.2, 0.25) is 0 Å². The van der Waals surface area contributed by atoms with Gasteiger partial charge in [-0.25, -0.2) is 0 Å². The summed E-state index contributed by atoms with van der Waals surface area (Å²) in [5.74, 6) is -0.592. The summed E-state index contributed by atoms with van der Waals surface area (Å²) in [4.78, 5) is 12.5. The van der Waals surface area contributed by atoms with Crippen molar-refractivity contribution in [1.82, 2.24) is 5.32 Å². The average Bonchev–Trinajstić information content (AvgIpc) is 3.26. The molecule has 0 aromatic heterocycles. The van der Waals surface area contributed by atoms with Crippen molar-refractivity contribution < 1.29 is 25.2 Å². The quantitative estimate of drug-likeness (QED) is 0.0309. The molecule has 0 radical (unpaired) electrons. The lowest BCUT2D eigenvalue weighted by Crippen LogP contribution is -2.53. The lowest BCUT2D eigenvalue weighted by Gasteiger charge is -2.27. The van der Waals surface area contributed by atoms with Gasteiger partial charge >= 0.3 is 0 Å². The molecule has 0 spiro atoms. The first kappa shape index (κ1) is 59.5. The largest absolute Gasteiger partial charge is 0.394 e. The van der Waals surface area contributed by atoms with E-state index in [0.29, 0.717) is 12.8 Å². The van der Waals surface area contributed by atoms with Crippen LogP contribution in [-0.4, -0.2) is 57.3 Å². The molecule has 4 unspecified atom stereocenters. The number of rotatable bonds is 49. The van der Waals surface area contributed by atoms with Gasteiger partial charge in [0, 0.05) is 0 Å². The van der Waals surface area contributed by atoms with Crippen molar-refractivity contribution >= 4 is 5.91 Å². The molecule has 61 heavy (non-hydrogen) atoms. The van der Waals surface area contributed by atoms with E-state index in [1.54, 1.807) is 0 Å². The highest BCUT2D eigenvalue weighted by Crippen LogP contribution is 2.17. The van der Waals surface area contributed by atoms with Gasteiger partial charge in [0.2, 0.25) is 5.91 Å². The van der Waals surface area contributed by atoms with Crippen molar-refractivity contribution in [2.24, 2.45) is 0 Å². The van der Waals surface area contributed by atoms with Crippen LogP contribution in [0.4, 0.5) is 0 Å². The molecule has 360 valence electrons. The minimum atomic E-state index is -1.28. The number of carbonyl (C=O) groups excluding carboxylic acids is 1. The molecule has 0 rings (SSSR count). The fraction of sp³-hybridized carbons (Fsp3) is 0.873. The predicted molar refractivity (Wildman–Crippen MR) is 265 cm³/mol. The predicted octanol–water partition coefficient (Wildman–Crippen LogP) is 15.2. The fourth-order valence-corrected chi connectivity index (χ4v) is 8.32. The fourth-order valence-electron chi connectivity index (χ4n) is 8.32.